The van der Waals surface area contributed by atoms with Crippen LogP contribution in [-0.2, 0) is 14.8 Å². The van der Waals surface area contributed by atoms with Gasteiger partial charge < -0.3 is 10.0 Å². The van der Waals surface area contributed by atoms with E-state index in [2.05, 4.69) is 16.7 Å². The Hall–Kier alpha value is -0.660. The van der Waals surface area contributed by atoms with Gasteiger partial charge in [0.2, 0.25) is 10.0 Å². The number of piperidine rings is 1. The summed E-state index contributed by atoms with van der Waals surface area (Å²) in [6.45, 7) is 2.43. The van der Waals surface area contributed by atoms with E-state index in [1.54, 1.807) is 0 Å². The minimum absolute atomic E-state index is 0.337. The number of rotatable bonds is 6. The van der Waals surface area contributed by atoms with E-state index in [-0.39, 0.29) is 0 Å². The molecule has 7 heteroatoms. The van der Waals surface area contributed by atoms with Gasteiger partial charge in [0.25, 0.3) is 0 Å². The van der Waals surface area contributed by atoms with E-state index < -0.39 is 21.7 Å². The van der Waals surface area contributed by atoms with Crippen LogP contribution in [-0.4, -0.2) is 56.8 Å². The summed E-state index contributed by atoms with van der Waals surface area (Å²) in [5.74, 6) is -1.63. The molecule has 0 atom stereocenters. The van der Waals surface area contributed by atoms with Crippen molar-refractivity contribution in [2.24, 2.45) is 5.92 Å². The first-order valence-corrected chi connectivity index (χ1v) is 7.42. The van der Waals surface area contributed by atoms with Crippen LogP contribution in [0.4, 0.5) is 0 Å². The topological polar surface area (TPSA) is 86.7 Å². The SMILES string of the molecule is CN1CCC(CCNS(=O)(=O)CC(=O)O)CC1. The molecule has 0 radical (unpaired) electrons. The minimum Gasteiger partial charge on any atom is -0.480 e. The second-order valence-electron chi connectivity index (χ2n) is 4.58. The Morgan fingerprint density at radius 3 is 2.53 bits per heavy atom. The Balaban J connectivity index is 2.21. The van der Waals surface area contributed by atoms with Gasteiger partial charge in [0, 0.05) is 6.54 Å². The highest BCUT2D eigenvalue weighted by Gasteiger charge is 2.18. The number of nitrogens with one attached hydrogen (secondary N) is 1. The average Bonchev–Trinajstić information content (AvgIpc) is 2.18. The lowest BCUT2D eigenvalue weighted by Gasteiger charge is -2.28. The molecule has 0 aliphatic carbocycles. The molecule has 1 heterocycles. The van der Waals surface area contributed by atoms with Gasteiger partial charge in [0.1, 0.15) is 0 Å². The van der Waals surface area contributed by atoms with Crippen molar-refractivity contribution in [2.45, 2.75) is 19.3 Å². The maximum absolute atomic E-state index is 11.2. The monoisotopic (exact) mass is 264 g/mol. The maximum Gasteiger partial charge on any atom is 0.320 e. The zero-order chi connectivity index (χ0) is 12.9. The molecule has 0 aromatic carbocycles. The molecule has 0 saturated carbocycles. The van der Waals surface area contributed by atoms with Gasteiger partial charge >= 0.3 is 5.97 Å². The maximum atomic E-state index is 11.2. The third kappa shape index (κ3) is 5.99. The molecule has 17 heavy (non-hydrogen) atoms. The number of carboxylic acids is 1. The summed E-state index contributed by atoms with van der Waals surface area (Å²) in [5.41, 5.74) is 0. The predicted molar refractivity (Wildman–Crippen MR) is 64.3 cm³/mol. The highest BCUT2D eigenvalue weighted by atomic mass is 32.2. The Bertz CT molecular complexity index is 347. The normalized spacial score (nSPS) is 19.4. The van der Waals surface area contributed by atoms with Crippen molar-refractivity contribution >= 4 is 16.0 Å². The minimum atomic E-state index is -3.65. The van der Waals surface area contributed by atoms with Crippen molar-refractivity contribution in [3.63, 3.8) is 0 Å². The molecular formula is C10H20N2O4S. The molecule has 0 aromatic rings. The van der Waals surface area contributed by atoms with Crippen molar-refractivity contribution in [1.29, 1.82) is 0 Å². The highest BCUT2D eigenvalue weighted by Crippen LogP contribution is 2.18. The largest absolute Gasteiger partial charge is 0.480 e. The van der Waals surface area contributed by atoms with E-state index in [0.29, 0.717) is 12.5 Å². The third-order valence-corrected chi connectivity index (χ3v) is 4.30. The van der Waals surface area contributed by atoms with Gasteiger partial charge in [-0.05, 0) is 45.3 Å². The summed E-state index contributed by atoms with van der Waals surface area (Å²) in [5, 5.41) is 8.40. The van der Waals surface area contributed by atoms with Gasteiger partial charge in [0.05, 0.1) is 0 Å². The quantitative estimate of drug-likeness (QED) is 0.689. The standard InChI is InChI=1S/C10H20N2O4S/c1-12-6-3-9(4-7-12)2-5-11-17(15,16)8-10(13)14/h9,11H,2-8H2,1H3,(H,13,14). The Kier molecular flexibility index (Phi) is 5.35. The average molecular weight is 264 g/mol. The number of aliphatic carboxylic acids is 1. The first kappa shape index (κ1) is 14.4. The molecule has 0 spiro atoms. The lowest BCUT2D eigenvalue weighted by Crippen LogP contribution is -2.34. The van der Waals surface area contributed by atoms with Crippen LogP contribution in [0.25, 0.3) is 0 Å². The van der Waals surface area contributed by atoms with Crippen LogP contribution in [0.15, 0.2) is 0 Å². The number of likely N-dealkylation sites (tertiary alicyclic amines) is 1. The number of carboxylic acid groups (broad SMARTS) is 1. The number of hydrogen-bond donors (Lipinski definition) is 2. The molecule has 1 saturated heterocycles. The number of carbonyl (C=O) groups is 1. The van der Waals surface area contributed by atoms with E-state index >= 15 is 0 Å². The zero-order valence-corrected chi connectivity index (χ0v) is 10.9. The van der Waals surface area contributed by atoms with Crippen molar-refractivity contribution in [3.8, 4) is 0 Å². The van der Waals surface area contributed by atoms with Gasteiger partial charge in [-0.3, -0.25) is 4.79 Å². The van der Waals surface area contributed by atoms with Gasteiger partial charge in [0.15, 0.2) is 5.75 Å². The number of nitrogens with zero attached hydrogens (tertiary/aromatic N) is 1. The van der Waals surface area contributed by atoms with Gasteiger partial charge in [-0.25, -0.2) is 13.1 Å². The second kappa shape index (κ2) is 6.32. The molecular weight excluding hydrogens is 244 g/mol. The van der Waals surface area contributed by atoms with Crippen LogP contribution in [0.3, 0.4) is 0 Å². The lowest BCUT2D eigenvalue weighted by molar-refractivity contribution is -0.134. The molecule has 0 bridgehead atoms. The summed E-state index contributed by atoms with van der Waals surface area (Å²) in [4.78, 5) is 12.5. The molecule has 1 aliphatic heterocycles. The summed E-state index contributed by atoms with van der Waals surface area (Å²) < 4.78 is 24.8. The van der Waals surface area contributed by atoms with E-state index in [1.165, 1.54) is 0 Å². The summed E-state index contributed by atoms with van der Waals surface area (Å²) in [6, 6.07) is 0. The molecule has 1 rings (SSSR count). The van der Waals surface area contributed by atoms with E-state index in [4.69, 9.17) is 5.11 Å². The fraction of sp³-hybridized carbons (Fsp3) is 0.900. The van der Waals surface area contributed by atoms with E-state index in [1.807, 2.05) is 0 Å². The molecule has 0 aromatic heterocycles. The molecule has 1 fully saturated rings. The van der Waals surface area contributed by atoms with Crippen LogP contribution < -0.4 is 4.72 Å². The Labute approximate surface area is 102 Å². The molecule has 6 nitrogen and oxygen atoms in total. The van der Waals surface area contributed by atoms with Crippen LogP contribution in [0.2, 0.25) is 0 Å². The van der Waals surface area contributed by atoms with Crippen LogP contribution in [0.1, 0.15) is 19.3 Å². The Morgan fingerprint density at radius 1 is 1.41 bits per heavy atom. The fourth-order valence-electron chi connectivity index (χ4n) is 1.98. The smallest absolute Gasteiger partial charge is 0.320 e. The van der Waals surface area contributed by atoms with Crippen LogP contribution in [0, 0.1) is 5.92 Å². The fourth-order valence-corrected chi connectivity index (χ4v) is 2.84. The first-order valence-electron chi connectivity index (χ1n) is 5.77. The van der Waals surface area contributed by atoms with E-state index in [9.17, 15) is 13.2 Å². The first-order chi connectivity index (χ1) is 7.89. The summed E-state index contributed by atoms with van der Waals surface area (Å²) >= 11 is 0. The third-order valence-electron chi connectivity index (χ3n) is 3.03. The highest BCUT2D eigenvalue weighted by molar-refractivity contribution is 7.90. The summed E-state index contributed by atoms with van der Waals surface area (Å²) in [6.07, 6.45) is 2.95. The molecule has 0 unspecified atom stereocenters. The number of sulfonamides is 1. The van der Waals surface area contributed by atoms with Crippen molar-refractivity contribution in [2.75, 3.05) is 32.4 Å². The van der Waals surface area contributed by atoms with Gasteiger partial charge in [-0.2, -0.15) is 0 Å². The van der Waals surface area contributed by atoms with Crippen LogP contribution in [0.5, 0.6) is 0 Å². The zero-order valence-electron chi connectivity index (χ0n) is 10.1. The van der Waals surface area contributed by atoms with Crippen molar-refractivity contribution in [1.82, 2.24) is 9.62 Å². The van der Waals surface area contributed by atoms with Crippen LogP contribution >= 0.6 is 0 Å². The van der Waals surface area contributed by atoms with Crippen molar-refractivity contribution in [3.05, 3.63) is 0 Å². The second-order valence-corrected chi connectivity index (χ2v) is 6.39. The molecule has 2 N–H and O–H groups in total. The summed E-state index contributed by atoms with van der Waals surface area (Å²) in [7, 11) is -1.58. The number of hydrogen-bond acceptors (Lipinski definition) is 4. The predicted octanol–water partition coefficient (Wildman–Crippen LogP) is -0.278. The Morgan fingerprint density at radius 2 is 2.00 bits per heavy atom. The van der Waals surface area contributed by atoms with Crippen molar-refractivity contribution < 1.29 is 18.3 Å². The van der Waals surface area contributed by atoms with Gasteiger partial charge in [-0.1, -0.05) is 0 Å². The van der Waals surface area contributed by atoms with E-state index in [0.717, 1.165) is 32.4 Å². The van der Waals surface area contributed by atoms with Gasteiger partial charge in [-0.15, -0.1) is 0 Å². The lowest BCUT2D eigenvalue weighted by atomic mass is 9.94. The molecule has 100 valence electrons. The molecule has 1 aliphatic rings. The molecule has 0 amide bonds.